The maximum Gasteiger partial charge on any atom is 0.140 e. The Labute approximate surface area is 118 Å². The van der Waals surface area contributed by atoms with Gasteiger partial charge in [-0.25, -0.2) is 0 Å². The van der Waals surface area contributed by atoms with Crippen LogP contribution in [0.15, 0.2) is 42.7 Å². The summed E-state index contributed by atoms with van der Waals surface area (Å²) in [7, 11) is 1.59. The van der Waals surface area contributed by atoms with E-state index in [1.165, 1.54) is 5.56 Å². The molecule has 4 heteroatoms. The number of aromatic nitrogens is 1. The van der Waals surface area contributed by atoms with E-state index in [0.717, 1.165) is 12.8 Å². The van der Waals surface area contributed by atoms with Crippen molar-refractivity contribution in [2.24, 2.45) is 0 Å². The molecule has 0 atom stereocenters. The molecule has 102 valence electrons. The van der Waals surface area contributed by atoms with E-state index in [4.69, 9.17) is 14.7 Å². The third-order valence-corrected chi connectivity index (χ3v) is 2.93. The summed E-state index contributed by atoms with van der Waals surface area (Å²) in [5.41, 5.74) is 1.75. The number of nitrogens with zero attached hydrogens (tertiary/aromatic N) is 2. The van der Waals surface area contributed by atoms with E-state index in [1.807, 2.05) is 12.1 Å². The summed E-state index contributed by atoms with van der Waals surface area (Å²) in [5.74, 6) is 1.26. The van der Waals surface area contributed by atoms with Crippen molar-refractivity contribution < 1.29 is 9.47 Å². The van der Waals surface area contributed by atoms with E-state index in [9.17, 15) is 0 Å². The highest BCUT2D eigenvalue weighted by molar-refractivity contribution is 5.47. The molecule has 1 aromatic heterocycles. The van der Waals surface area contributed by atoms with Crippen LogP contribution in [0.5, 0.6) is 11.5 Å². The van der Waals surface area contributed by atoms with Crippen LogP contribution in [0.3, 0.4) is 0 Å². The van der Waals surface area contributed by atoms with Gasteiger partial charge in [0.1, 0.15) is 17.6 Å². The van der Waals surface area contributed by atoms with Crippen molar-refractivity contribution in [1.29, 1.82) is 5.26 Å². The highest BCUT2D eigenvalue weighted by atomic mass is 16.5. The number of hydrogen-bond acceptors (Lipinski definition) is 4. The summed E-state index contributed by atoms with van der Waals surface area (Å²) in [4.78, 5) is 3.98. The first kappa shape index (κ1) is 13.9. The first-order valence-electron chi connectivity index (χ1n) is 6.43. The van der Waals surface area contributed by atoms with E-state index < -0.39 is 0 Å². The molecule has 4 nitrogen and oxygen atoms in total. The first-order chi connectivity index (χ1) is 9.83. The van der Waals surface area contributed by atoms with Crippen LogP contribution in [-0.2, 0) is 6.42 Å². The van der Waals surface area contributed by atoms with Gasteiger partial charge in [-0.3, -0.25) is 4.98 Å². The lowest BCUT2D eigenvalue weighted by atomic mass is 10.1. The quantitative estimate of drug-likeness (QED) is 0.756. The molecule has 0 amide bonds. The molecule has 1 heterocycles. The zero-order valence-corrected chi connectivity index (χ0v) is 11.4. The number of methoxy groups -OCH3 is 1. The third kappa shape index (κ3) is 3.72. The number of rotatable bonds is 6. The van der Waals surface area contributed by atoms with Crippen molar-refractivity contribution in [1.82, 2.24) is 4.98 Å². The first-order valence-corrected chi connectivity index (χ1v) is 6.43. The molecule has 2 rings (SSSR count). The monoisotopic (exact) mass is 268 g/mol. The number of ether oxygens (including phenoxy) is 2. The average Bonchev–Trinajstić information content (AvgIpc) is 2.52. The van der Waals surface area contributed by atoms with Gasteiger partial charge in [-0.05, 0) is 42.7 Å². The van der Waals surface area contributed by atoms with Gasteiger partial charge in [-0.2, -0.15) is 5.26 Å². The highest BCUT2D eigenvalue weighted by Gasteiger charge is 2.05. The molecule has 0 aliphatic heterocycles. The Bertz CT molecular complexity index is 591. The fourth-order valence-electron chi connectivity index (χ4n) is 1.85. The van der Waals surface area contributed by atoms with Crippen molar-refractivity contribution in [3.8, 4) is 17.6 Å². The minimum absolute atomic E-state index is 0.523. The Morgan fingerprint density at radius 1 is 1.20 bits per heavy atom. The van der Waals surface area contributed by atoms with Crippen molar-refractivity contribution in [2.45, 2.75) is 12.8 Å². The lowest BCUT2D eigenvalue weighted by Gasteiger charge is -2.09. The SMILES string of the molecule is COc1ccc(C#N)c(OCCCc2ccncc2)c1. The van der Waals surface area contributed by atoms with Gasteiger partial charge in [0.2, 0.25) is 0 Å². The van der Waals surface area contributed by atoms with E-state index >= 15 is 0 Å². The second-order valence-corrected chi connectivity index (χ2v) is 4.28. The molecule has 2 aromatic rings. The normalized spacial score (nSPS) is 9.80. The van der Waals surface area contributed by atoms with Crippen molar-refractivity contribution in [2.75, 3.05) is 13.7 Å². The summed E-state index contributed by atoms with van der Waals surface area (Å²) < 4.78 is 10.8. The number of pyridine rings is 1. The molecular formula is C16H16N2O2. The summed E-state index contributed by atoms with van der Waals surface area (Å²) in [6.45, 7) is 0.560. The van der Waals surface area contributed by atoms with Crippen LogP contribution >= 0.6 is 0 Å². The number of aryl methyl sites for hydroxylation is 1. The van der Waals surface area contributed by atoms with Crippen LogP contribution in [0.25, 0.3) is 0 Å². The summed E-state index contributed by atoms with van der Waals surface area (Å²) >= 11 is 0. The van der Waals surface area contributed by atoms with Gasteiger partial charge >= 0.3 is 0 Å². The second-order valence-electron chi connectivity index (χ2n) is 4.28. The van der Waals surface area contributed by atoms with Crippen LogP contribution < -0.4 is 9.47 Å². The van der Waals surface area contributed by atoms with Crippen molar-refractivity contribution in [3.63, 3.8) is 0 Å². The lowest BCUT2D eigenvalue weighted by Crippen LogP contribution is -2.01. The standard InChI is InChI=1S/C16H16N2O2/c1-19-15-5-4-14(12-17)16(11-15)20-10-2-3-13-6-8-18-9-7-13/h4-9,11H,2-3,10H2,1H3. The molecule has 0 fully saturated rings. The number of hydrogen-bond donors (Lipinski definition) is 0. The van der Waals surface area contributed by atoms with E-state index in [-0.39, 0.29) is 0 Å². The molecule has 0 unspecified atom stereocenters. The molecule has 20 heavy (non-hydrogen) atoms. The van der Waals surface area contributed by atoms with Crippen molar-refractivity contribution >= 4 is 0 Å². The topological polar surface area (TPSA) is 55.1 Å². The van der Waals surface area contributed by atoms with Gasteiger partial charge in [0, 0.05) is 18.5 Å². The van der Waals surface area contributed by atoms with Crippen molar-refractivity contribution in [3.05, 3.63) is 53.9 Å². The molecule has 0 aliphatic carbocycles. The largest absolute Gasteiger partial charge is 0.497 e. The Balaban J connectivity index is 1.89. The predicted octanol–water partition coefficient (Wildman–Crippen LogP) is 2.97. The molecule has 0 saturated heterocycles. The van der Waals surface area contributed by atoms with Gasteiger partial charge in [-0.15, -0.1) is 0 Å². The zero-order valence-electron chi connectivity index (χ0n) is 11.4. The maximum absolute atomic E-state index is 9.04. The molecule has 0 N–H and O–H groups in total. The summed E-state index contributed by atoms with van der Waals surface area (Å²) in [6, 6.07) is 11.3. The van der Waals surface area contributed by atoms with Gasteiger partial charge in [0.15, 0.2) is 0 Å². The number of benzene rings is 1. The van der Waals surface area contributed by atoms with Crippen LogP contribution in [0, 0.1) is 11.3 Å². The van der Waals surface area contributed by atoms with Gasteiger partial charge in [0.25, 0.3) is 0 Å². The van der Waals surface area contributed by atoms with Crippen LogP contribution in [-0.4, -0.2) is 18.7 Å². The second kappa shape index (κ2) is 7.15. The number of nitriles is 1. The minimum atomic E-state index is 0.523. The lowest BCUT2D eigenvalue weighted by molar-refractivity contribution is 0.307. The molecule has 0 saturated carbocycles. The Hall–Kier alpha value is -2.54. The zero-order chi connectivity index (χ0) is 14.2. The summed E-state index contributed by atoms with van der Waals surface area (Å²) in [6.07, 6.45) is 5.37. The molecule has 0 radical (unpaired) electrons. The fourth-order valence-corrected chi connectivity index (χ4v) is 1.85. The molecule has 0 aliphatic rings. The summed E-state index contributed by atoms with van der Waals surface area (Å²) in [5, 5.41) is 9.04. The molecule has 1 aromatic carbocycles. The van der Waals surface area contributed by atoms with E-state index in [1.54, 1.807) is 37.7 Å². The average molecular weight is 268 g/mol. The Morgan fingerprint density at radius 3 is 2.70 bits per heavy atom. The molecule has 0 spiro atoms. The highest BCUT2D eigenvalue weighted by Crippen LogP contribution is 2.24. The van der Waals surface area contributed by atoms with Crippen LogP contribution in [0.2, 0.25) is 0 Å². The smallest absolute Gasteiger partial charge is 0.140 e. The fraction of sp³-hybridized carbons (Fsp3) is 0.250. The maximum atomic E-state index is 9.04. The molecular weight excluding hydrogens is 252 g/mol. The van der Waals surface area contributed by atoms with Crippen LogP contribution in [0.1, 0.15) is 17.5 Å². The van der Waals surface area contributed by atoms with E-state index in [0.29, 0.717) is 23.7 Å². The van der Waals surface area contributed by atoms with Gasteiger partial charge in [-0.1, -0.05) is 0 Å². The van der Waals surface area contributed by atoms with Gasteiger partial charge in [0.05, 0.1) is 19.3 Å². The van der Waals surface area contributed by atoms with Crippen LogP contribution in [0.4, 0.5) is 0 Å². The Kier molecular flexibility index (Phi) is 4.96. The minimum Gasteiger partial charge on any atom is -0.497 e. The predicted molar refractivity (Wildman–Crippen MR) is 75.8 cm³/mol. The van der Waals surface area contributed by atoms with E-state index in [2.05, 4.69) is 11.1 Å². The Morgan fingerprint density at radius 2 is 2.00 bits per heavy atom. The third-order valence-electron chi connectivity index (χ3n) is 2.93. The molecule has 0 bridgehead atoms. The van der Waals surface area contributed by atoms with Gasteiger partial charge < -0.3 is 9.47 Å².